The predicted molar refractivity (Wildman–Crippen MR) is 69.6 cm³/mol. The van der Waals surface area contributed by atoms with Crippen LogP contribution in [0.15, 0.2) is 24.3 Å². The fraction of sp³-hybridized carbons (Fsp3) is 0.571. The number of aliphatic hydroxyl groups excluding tert-OH is 1. The molecule has 1 aliphatic heterocycles. The molecule has 1 saturated heterocycles. The number of hydrogen-bond acceptors (Lipinski definition) is 3. The molecule has 0 bridgehead atoms. The molecule has 1 heterocycles. The third-order valence-electron chi connectivity index (χ3n) is 3.33. The van der Waals surface area contributed by atoms with Gasteiger partial charge in [-0.2, -0.15) is 0 Å². The third kappa shape index (κ3) is 2.79. The van der Waals surface area contributed by atoms with Gasteiger partial charge in [0, 0.05) is 12.2 Å². The van der Waals surface area contributed by atoms with Gasteiger partial charge in [0.05, 0.1) is 25.9 Å². The van der Waals surface area contributed by atoms with Crippen LogP contribution in [0.1, 0.15) is 25.3 Å². The summed E-state index contributed by atoms with van der Waals surface area (Å²) in [6.07, 6.45) is 0. The van der Waals surface area contributed by atoms with Crippen LogP contribution in [0.4, 0.5) is 5.69 Å². The van der Waals surface area contributed by atoms with Gasteiger partial charge in [-0.1, -0.05) is 26.0 Å². The summed E-state index contributed by atoms with van der Waals surface area (Å²) in [5.74, 6) is 0.558. The Balaban J connectivity index is 2.15. The summed E-state index contributed by atoms with van der Waals surface area (Å²) in [7, 11) is 0. The summed E-state index contributed by atoms with van der Waals surface area (Å²) >= 11 is 0. The standard InChI is InChI=1S/C14H21NO2/c1-11(2)12-3-5-13(6-4-12)15-7-8-17-10-14(15)9-16/h3-6,11,14,16H,7-10H2,1-2H3/t14-/m1/s1. The van der Waals surface area contributed by atoms with Crippen LogP contribution in [0.2, 0.25) is 0 Å². The number of aliphatic hydroxyl groups is 1. The van der Waals surface area contributed by atoms with Gasteiger partial charge in [0.1, 0.15) is 0 Å². The fourth-order valence-corrected chi connectivity index (χ4v) is 2.20. The van der Waals surface area contributed by atoms with E-state index in [0.717, 1.165) is 13.2 Å². The predicted octanol–water partition coefficient (Wildman–Crippen LogP) is 2.01. The van der Waals surface area contributed by atoms with Gasteiger partial charge < -0.3 is 14.7 Å². The minimum atomic E-state index is 0.0913. The molecule has 1 atom stereocenters. The molecule has 17 heavy (non-hydrogen) atoms. The molecule has 3 heteroatoms. The van der Waals surface area contributed by atoms with Crippen LogP contribution < -0.4 is 4.90 Å². The Morgan fingerprint density at radius 2 is 2.06 bits per heavy atom. The first-order valence-corrected chi connectivity index (χ1v) is 6.27. The Morgan fingerprint density at radius 3 is 2.65 bits per heavy atom. The van der Waals surface area contributed by atoms with Gasteiger partial charge in [0.2, 0.25) is 0 Å². The number of hydrogen-bond donors (Lipinski definition) is 1. The van der Waals surface area contributed by atoms with Crippen molar-refractivity contribution in [3.05, 3.63) is 29.8 Å². The van der Waals surface area contributed by atoms with E-state index in [9.17, 15) is 5.11 Å². The molecule has 0 radical (unpaired) electrons. The van der Waals surface area contributed by atoms with Crippen molar-refractivity contribution in [2.75, 3.05) is 31.3 Å². The zero-order valence-corrected chi connectivity index (χ0v) is 10.6. The highest BCUT2D eigenvalue weighted by atomic mass is 16.5. The summed E-state index contributed by atoms with van der Waals surface area (Å²) in [5, 5.41) is 9.34. The molecule has 0 aromatic heterocycles. The summed E-state index contributed by atoms with van der Waals surface area (Å²) in [6, 6.07) is 8.72. The van der Waals surface area contributed by atoms with E-state index in [0.29, 0.717) is 12.5 Å². The second-order valence-electron chi connectivity index (χ2n) is 4.85. The Morgan fingerprint density at radius 1 is 1.35 bits per heavy atom. The van der Waals surface area contributed by atoms with Crippen LogP contribution in [0.25, 0.3) is 0 Å². The van der Waals surface area contributed by atoms with E-state index in [1.165, 1.54) is 11.3 Å². The van der Waals surface area contributed by atoms with Gasteiger partial charge in [0.25, 0.3) is 0 Å². The maximum Gasteiger partial charge on any atom is 0.0755 e. The van der Waals surface area contributed by atoms with Crippen LogP contribution in [-0.2, 0) is 4.74 Å². The lowest BCUT2D eigenvalue weighted by molar-refractivity contribution is 0.0727. The van der Waals surface area contributed by atoms with Gasteiger partial charge in [0.15, 0.2) is 0 Å². The summed E-state index contributed by atoms with van der Waals surface area (Å²) in [4.78, 5) is 2.23. The zero-order chi connectivity index (χ0) is 12.3. The van der Waals surface area contributed by atoms with Crippen molar-refractivity contribution in [2.45, 2.75) is 25.8 Å². The number of anilines is 1. The molecule has 0 amide bonds. The maximum absolute atomic E-state index is 9.34. The van der Waals surface area contributed by atoms with Crippen LogP contribution in [0, 0.1) is 0 Å². The number of benzene rings is 1. The van der Waals surface area contributed by atoms with E-state index in [-0.39, 0.29) is 12.6 Å². The molecule has 0 aliphatic carbocycles. The molecule has 3 nitrogen and oxygen atoms in total. The Hall–Kier alpha value is -1.06. The smallest absolute Gasteiger partial charge is 0.0755 e. The first-order chi connectivity index (χ1) is 8.22. The minimum absolute atomic E-state index is 0.0913. The van der Waals surface area contributed by atoms with Crippen LogP contribution >= 0.6 is 0 Å². The van der Waals surface area contributed by atoms with E-state index in [1.54, 1.807) is 0 Å². The highest BCUT2D eigenvalue weighted by Gasteiger charge is 2.22. The maximum atomic E-state index is 9.34. The molecule has 0 saturated carbocycles. The summed E-state index contributed by atoms with van der Waals surface area (Å²) in [6.45, 7) is 6.74. The Labute approximate surface area is 103 Å². The largest absolute Gasteiger partial charge is 0.394 e. The molecule has 1 fully saturated rings. The van der Waals surface area contributed by atoms with Crippen molar-refractivity contribution < 1.29 is 9.84 Å². The first-order valence-electron chi connectivity index (χ1n) is 6.27. The van der Waals surface area contributed by atoms with E-state index in [2.05, 4.69) is 43.0 Å². The Bertz CT molecular complexity index is 348. The first kappa shape index (κ1) is 12.4. The lowest BCUT2D eigenvalue weighted by Gasteiger charge is -2.36. The van der Waals surface area contributed by atoms with Gasteiger partial charge >= 0.3 is 0 Å². The zero-order valence-electron chi connectivity index (χ0n) is 10.6. The summed E-state index contributed by atoms with van der Waals surface area (Å²) in [5.41, 5.74) is 2.53. The van der Waals surface area contributed by atoms with Gasteiger partial charge in [-0.3, -0.25) is 0 Å². The number of nitrogens with zero attached hydrogens (tertiary/aromatic N) is 1. The van der Waals surface area contributed by atoms with E-state index in [4.69, 9.17) is 4.74 Å². The van der Waals surface area contributed by atoms with Crippen LogP contribution in [0.3, 0.4) is 0 Å². The Kier molecular flexibility index (Phi) is 4.02. The number of rotatable bonds is 3. The summed E-state index contributed by atoms with van der Waals surface area (Å²) < 4.78 is 5.38. The molecule has 1 aliphatic rings. The van der Waals surface area contributed by atoms with E-state index >= 15 is 0 Å². The highest BCUT2D eigenvalue weighted by molar-refractivity contribution is 5.49. The van der Waals surface area contributed by atoms with Crippen LogP contribution in [-0.4, -0.2) is 37.5 Å². The average molecular weight is 235 g/mol. The van der Waals surface area contributed by atoms with Gasteiger partial charge in [-0.25, -0.2) is 0 Å². The van der Waals surface area contributed by atoms with Crippen molar-refractivity contribution in [2.24, 2.45) is 0 Å². The van der Waals surface area contributed by atoms with Gasteiger partial charge in [-0.15, -0.1) is 0 Å². The quantitative estimate of drug-likeness (QED) is 0.870. The third-order valence-corrected chi connectivity index (χ3v) is 3.33. The molecular weight excluding hydrogens is 214 g/mol. The second kappa shape index (κ2) is 5.52. The van der Waals surface area contributed by atoms with Crippen molar-refractivity contribution in [3.8, 4) is 0 Å². The average Bonchev–Trinajstić information content (AvgIpc) is 2.39. The lowest BCUT2D eigenvalue weighted by Crippen LogP contribution is -2.47. The monoisotopic (exact) mass is 235 g/mol. The number of morpholine rings is 1. The van der Waals surface area contributed by atoms with Crippen molar-refractivity contribution in [1.29, 1.82) is 0 Å². The molecule has 1 aromatic carbocycles. The molecular formula is C14H21NO2. The molecule has 94 valence electrons. The van der Waals surface area contributed by atoms with Gasteiger partial charge in [-0.05, 0) is 23.6 Å². The SMILES string of the molecule is CC(C)c1ccc(N2CCOC[C@H]2CO)cc1. The molecule has 0 spiro atoms. The lowest BCUT2D eigenvalue weighted by atomic mass is 10.0. The minimum Gasteiger partial charge on any atom is -0.394 e. The molecule has 1 N–H and O–H groups in total. The fourth-order valence-electron chi connectivity index (χ4n) is 2.20. The van der Waals surface area contributed by atoms with E-state index in [1.807, 2.05) is 0 Å². The van der Waals surface area contributed by atoms with Crippen LogP contribution in [0.5, 0.6) is 0 Å². The van der Waals surface area contributed by atoms with Crippen molar-refractivity contribution in [1.82, 2.24) is 0 Å². The highest BCUT2D eigenvalue weighted by Crippen LogP contribution is 2.23. The number of ether oxygens (including phenoxy) is 1. The van der Waals surface area contributed by atoms with Crippen molar-refractivity contribution in [3.63, 3.8) is 0 Å². The molecule has 1 aromatic rings. The second-order valence-corrected chi connectivity index (χ2v) is 4.85. The van der Waals surface area contributed by atoms with Crippen molar-refractivity contribution >= 4 is 5.69 Å². The molecule has 0 unspecified atom stereocenters. The van der Waals surface area contributed by atoms with E-state index < -0.39 is 0 Å². The normalized spacial score (nSPS) is 20.9. The molecule has 2 rings (SSSR count). The topological polar surface area (TPSA) is 32.7 Å².